The van der Waals surface area contributed by atoms with Crippen molar-refractivity contribution in [2.45, 2.75) is 25.8 Å². The number of carbonyl (C=O) groups excluding carboxylic acids is 3. The number of hydrogen-bond acceptors (Lipinski definition) is 6. The standard InChI is InChI=1S/C20H25N3O4S/c1-27-20(26)16(10-18(24)13-28-8-7-19(21)25)9-17-12-23(14-22-17)11-15-5-3-2-4-6-15/h2-6,12,14,16H,7-11,13H2,1H3,(H2,21,25)/t16-/m1/s1. The fourth-order valence-electron chi connectivity index (χ4n) is 2.74. The van der Waals surface area contributed by atoms with E-state index in [1.54, 1.807) is 6.33 Å². The van der Waals surface area contributed by atoms with Crippen LogP contribution in [0.4, 0.5) is 0 Å². The van der Waals surface area contributed by atoms with E-state index in [2.05, 4.69) is 4.98 Å². The quantitative estimate of drug-likeness (QED) is 0.428. The zero-order chi connectivity index (χ0) is 20.4. The number of primary amides is 1. The Morgan fingerprint density at radius 2 is 2.00 bits per heavy atom. The summed E-state index contributed by atoms with van der Waals surface area (Å²) in [5, 5.41) is 0. The van der Waals surface area contributed by atoms with Gasteiger partial charge in [0.15, 0.2) is 0 Å². The van der Waals surface area contributed by atoms with Gasteiger partial charge in [-0.05, 0) is 5.56 Å². The SMILES string of the molecule is COC(=O)[C@@H](CC(=O)CSCCC(N)=O)Cc1cn(Cc2ccccc2)cn1. The van der Waals surface area contributed by atoms with E-state index in [0.29, 0.717) is 18.7 Å². The van der Waals surface area contributed by atoms with Crippen molar-refractivity contribution < 1.29 is 19.1 Å². The van der Waals surface area contributed by atoms with E-state index in [0.717, 1.165) is 11.3 Å². The summed E-state index contributed by atoms with van der Waals surface area (Å²) in [5.74, 6) is -0.716. The van der Waals surface area contributed by atoms with Crippen LogP contribution in [0.3, 0.4) is 0 Å². The van der Waals surface area contributed by atoms with Gasteiger partial charge < -0.3 is 15.0 Å². The summed E-state index contributed by atoms with van der Waals surface area (Å²) in [6, 6.07) is 9.99. The van der Waals surface area contributed by atoms with Crippen LogP contribution in [0.15, 0.2) is 42.9 Å². The van der Waals surface area contributed by atoms with Gasteiger partial charge in [0, 0.05) is 37.8 Å². The van der Waals surface area contributed by atoms with Crippen LogP contribution in [0.25, 0.3) is 0 Å². The molecule has 150 valence electrons. The molecule has 1 atom stereocenters. The Hall–Kier alpha value is -2.61. The van der Waals surface area contributed by atoms with Crippen LogP contribution >= 0.6 is 11.8 Å². The van der Waals surface area contributed by atoms with Crippen LogP contribution in [0.5, 0.6) is 0 Å². The van der Waals surface area contributed by atoms with E-state index in [4.69, 9.17) is 10.5 Å². The molecule has 0 aliphatic carbocycles. The van der Waals surface area contributed by atoms with Gasteiger partial charge in [-0.3, -0.25) is 14.4 Å². The molecule has 1 heterocycles. The summed E-state index contributed by atoms with van der Waals surface area (Å²) >= 11 is 1.34. The van der Waals surface area contributed by atoms with Crippen LogP contribution in [0.2, 0.25) is 0 Å². The highest BCUT2D eigenvalue weighted by atomic mass is 32.2. The molecule has 1 aromatic heterocycles. The van der Waals surface area contributed by atoms with Gasteiger partial charge in [-0.25, -0.2) is 4.98 Å². The number of aromatic nitrogens is 2. The first-order chi connectivity index (χ1) is 13.5. The molecule has 8 heteroatoms. The summed E-state index contributed by atoms with van der Waals surface area (Å²) < 4.78 is 6.80. The highest BCUT2D eigenvalue weighted by molar-refractivity contribution is 7.99. The summed E-state index contributed by atoms with van der Waals surface area (Å²) in [6.45, 7) is 0.687. The fraction of sp³-hybridized carbons (Fsp3) is 0.400. The van der Waals surface area contributed by atoms with Gasteiger partial charge in [-0.15, -0.1) is 0 Å². The Balaban J connectivity index is 1.90. The Labute approximate surface area is 168 Å². The Kier molecular flexibility index (Phi) is 8.74. The van der Waals surface area contributed by atoms with E-state index < -0.39 is 17.8 Å². The van der Waals surface area contributed by atoms with Crippen molar-refractivity contribution in [3.63, 3.8) is 0 Å². The molecule has 2 N–H and O–H groups in total. The highest BCUT2D eigenvalue weighted by Crippen LogP contribution is 2.16. The van der Waals surface area contributed by atoms with E-state index >= 15 is 0 Å². The van der Waals surface area contributed by atoms with Gasteiger partial charge in [0.1, 0.15) is 5.78 Å². The van der Waals surface area contributed by atoms with Crippen molar-refractivity contribution in [3.05, 3.63) is 54.1 Å². The number of amides is 1. The van der Waals surface area contributed by atoms with Crippen LogP contribution < -0.4 is 5.73 Å². The predicted octanol–water partition coefficient (Wildman–Crippen LogP) is 1.83. The Bertz CT molecular complexity index is 792. The second-order valence-electron chi connectivity index (χ2n) is 6.46. The monoisotopic (exact) mass is 403 g/mol. The third-order valence-electron chi connectivity index (χ3n) is 4.11. The average molecular weight is 404 g/mol. The van der Waals surface area contributed by atoms with E-state index in [1.807, 2.05) is 41.1 Å². The van der Waals surface area contributed by atoms with E-state index in [1.165, 1.54) is 18.9 Å². The number of imidazole rings is 1. The Morgan fingerprint density at radius 1 is 1.25 bits per heavy atom. The van der Waals surface area contributed by atoms with Gasteiger partial charge in [-0.1, -0.05) is 30.3 Å². The van der Waals surface area contributed by atoms with Crippen LogP contribution in [-0.4, -0.2) is 45.8 Å². The van der Waals surface area contributed by atoms with Crippen molar-refractivity contribution >= 4 is 29.4 Å². The summed E-state index contributed by atoms with van der Waals surface area (Å²) in [7, 11) is 1.31. The average Bonchev–Trinajstić information content (AvgIpc) is 3.11. The number of esters is 1. The number of hydrogen-bond donors (Lipinski definition) is 1. The normalized spacial score (nSPS) is 11.8. The molecule has 0 bridgehead atoms. The zero-order valence-corrected chi connectivity index (χ0v) is 16.7. The highest BCUT2D eigenvalue weighted by Gasteiger charge is 2.24. The number of nitrogens with zero attached hydrogens (tertiary/aromatic N) is 2. The molecule has 1 aromatic carbocycles. The lowest BCUT2D eigenvalue weighted by molar-refractivity contribution is -0.147. The van der Waals surface area contributed by atoms with E-state index in [9.17, 15) is 14.4 Å². The number of nitrogens with two attached hydrogens (primary N) is 1. The number of Topliss-reactive ketones (excluding diaryl/α,β-unsaturated/α-hetero) is 1. The van der Waals surface area contributed by atoms with Crippen LogP contribution in [0, 0.1) is 5.92 Å². The van der Waals surface area contributed by atoms with Crippen molar-refractivity contribution in [1.29, 1.82) is 0 Å². The van der Waals surface area contributed by atoms with Gasteiger partial charge >= 0.3 is 5.97 Å². The molecule has 0 saturated heterocycles. The van der Waals surface area contributed by atoms with Crippen molar-refractivity contribution in [2.24, 2.45) is 11.7 Å². The number of benzene rings is 1. The van der Waals surface area contributed by atoms with Crippen LogP contribution in [0.1, 0.15) is 24.1 Å². The topological polar surface area (TPSA) is 104 Å². The summed E-state index contributed by atoms with van der Waals surface area (Å²) in [6.07, 6.45) is 4.26. The minimum Gasteiger partial charge on any atom is -0.469 e. The molecule has 0 fully saturated rings. The third-order valence-corrected chi connectivity index (χ3v) is 5.13. The lowest BCUT2D eigenvalue weighted by atomic mass is 9.98. The predicted molar refractivity (Wildman–Crippen MR) is 108 cm³/mol. The molecule has 0 spiro atoms. The molecule has 0 aliphatic heterocycles. The summed E-state index contributed by atoms with van der Waals surface area (Å²) in [5.41, 5.74) is 6.97. The smallest absolute Gasteiger partial charge is 0.309 e. The number of carbonyl (C=O) groups is 3. The lowest BCUT2D eigenvalue weighted by Gasteiger charge is -2.12. The van der Waals surface area contributed by atoms with Gasteiger partial charge in [0.2, 0.25) is 5.91 Å². The summed E-state index contributed by atoms with van der Waals surface area (Å²) in [4.78, 5) is 39.4. The first kappa shape index (κ1) is 21.7. The molecular weight excluding hydrogens is 378 g/mol. The number of methoxy groups -OCH3 is 1. The van der Waals surface area contributed by atoms with E-state index in [-0.39, 0.29) is 24.4 Å². The molecule has 7 nitrogen and oxygen atoms in total. The second-order valence-corrected chi connectivity index (χ2v) is 7.56. The zero-order valence-electron chi connectivity index (χ0n) is 15.9. The van der Waals surface area contributed by atoms with Crippen molar-refractivity contribution in [2.75, 3.05) is 18.6 Å². The maximum Gasteiger partial charge on any atom is 0.309 e. The second kappa shape index (κ2) is 11.3. The fourth-order valence-corrected chi connectivity index (χ4v) is 3.58. The maximum absolute atomic E-state index is 12.2. The minimum atomic E-state index is -0.575. The molecule has 2 aromatic rings. The van der Waals surface area contributed by atoms with Crippen molar-refractivity contribution in [3.8, 4) is 0 Å². The molecule has 0 unspecified atom stereocenters. The molecule has 0 saturated carbocycles. The van der Waals surface area contributed by atoms with Crippen molar-refractivity contribution in [1.82, 2.24) is 9.55 Å². The number of rotatable bonds is 12. The molecule has 28 heavy (non-hydrogen) atoms. The van der Waals surface area contributed by atoms with Gasteiger partial charge in [-0.2, -0.15) is 11.8 Å². The molecule has 0 radical (unpaired) electrons. The number of ether oxygens (including phenoxy) is 1. The molecular formula is C20H25N3O4S. The first-order valence-electron chi connectivity index (χ1n) is 8.98. The van der Waals surface area contributed by atoms with Crippen LogP contribution in [-0.2, 0) is 32.1 Å². The van der Waals surface area contributed by atoms with Gasteiger partial charge in [0.25, 0.3) is 0 Å². The number of ketones is 1. The third kappa shape index (κ3) is 7.56. The largest absolute Gasteiger partial charge is 0.469 e. The molecule has 0 aliphatic rings. The molecule has 2 rings (SSSR count). The number of thioether (sulfide) groups is 1. The first-order valence-corrected chi connectivity index (χ1v) is 10.1. The maximum atomic E-state index is 12.2. The molecule has 1 amide bonds. The Morgan fingerprint density at radius 3 is 2.68 bits per heavy atom. The van der Waals surface area contributed by atoms with Gasteiger partial charge in [0.05, 0.1) is 30.8 Å². The lowest BCUT2D eigenvalue weighted by Crippen LogP contribution is -2.23. The minimum absolute atomic E-state index is 0.0615.